The lowest BCUT2D eigenvalue weighted by atomic mass is 9.91. The van der Waals surface area contributed by atoms with Crippen molar-refractivity contribution < 1.29 is 5.11 Å². The summed E-state index contributed by atoms with van der Waals surface area (Å²) in [6.07, 6.45) is 1.65. The molecular weight excluding hydrogens is 238 g/mol. The number of aliphatic hydroxyl groups is 1. The zero-order valence-corrected chi connectivity index (χ0v) is 12.2. The second-order valence-corrected chi connectivity index (χ2v) is 5.65. The van der Waals surface area contributed by atoms with Crippen LogP contribution in [-0.2, 0) is 0 Å². The maximum absolute atomic E-state index is 10.4. The maximum atomic E-state index is 10.4. The molecule has 4 heteroatoms. The zero-order valence-electron chi connectivity index (χ0n) is 12.2. The second-order valence-electron chi connectivity index (χ2n) is 5.65. The van der Waals surface area contributed by atoms with Gasteiger partial charge in [0.1, 0.15) is 0 Å². The first-order valence-electron chi connectivity index (χ1n) is 6.93. The summed E-state index contributed by atoms with van der Waals surface area (Å²) >= 11 is 0. The molecule has 0 saturated carbocycles. The van der Waals surface area contributed by atoms with Gasteiger partial charge in [-0.1, -0.05) is 0 Å². The molecule has 0 unspecified atom stereocenters. The summed E-state index contributed by atoms with van der Waals surface area (Å²) in [6, 6.07) is 8.61. The summed E-state index contributed by atoms with van der Waals surface area (Å²) in [5, 5.41) is 13.4. The van der Waals surface area contributed by atoms with Crippen LogP contribution in [0.3, 0.4) is 0 Å². The molecule has 0 aliphatic carbocycles. The average Bonchev–Trinajstić information content (AvgIpc) is 2.40. The van der Waals surface area contributed by atoms with Crippen LogP contribution in [0.5, 0.6) is 0 Å². The van der Waals surface area contributed by atoms with E-state index >= 15 is 0 Å². The van der Waals surface area contributed by atoms with E-state index in [2.05, 4.69) is 39.4 Å². The largest absolute Gasteiger partial charge is 0.388 e. The average molecular weight is 263 g/mol. The van der Waals surface area contributed by atoms with Crippen molar-refractivity contribution in [1.82, 2.24) is 5.32 Å². The van der Waals surface area contributed by atoms with Gasteiger partial charge in [-0.25, -0.2) is 0 Å². The topological polar surface area (TPSA) is 38.7 Å². The van der Waals surface area contributed by atoms with Crippen molar-refractivity contribution in [2.45, 2.75) is 18.4 Å². The van der Waals surface area contributed by atoms with E-state index in [1.807, 2.05) is 21.1 Å². The monoisotopic (exact) mass is 263 g/mol. The first-order chi connectivity index (χ1) is 9.04. The van der Waals surface area contributed by atoms with Gasteiger partial charge in [-0.2, -0.15) is 0 Å². The molecule has 1 aliphatic rings. The van der Waals surface area contributed by atoms with Crippen LogP contribution < -0.4 is 15.1 Å². The molecule has 0 spiro atoms. The van der Waals surface area contributed by atoms with E-state index in [-0.39, 0.29) is 0 Å². The minimum absolute atomic E-state index is 0.533. The number of hydrogen-bond donors (Lipinski definition) is 2. The standard InChI is InChI=1S/C15H25N3O/c1-16-12-15(19)8-10-18(11-9-15)14-6-4-13(5-7-14)17(2)3/h4-7,16,19H,8-12H2,1-3H3. The van der Waals surface area contributed by atoms with Gasteiger partial charge in [0.25, 0.3) is 0 Å². The number of hydrogen-bond acceptors (Lipinski definition) is 4. The van der Waals surface area contributed by atoms with Crippen LogP contribution in [-0.4, -0.2) is 51.5 Å². The highest BCUT2D eigenvalue weighted by atomic mass is 16.3. The fourth-order valence-corrected chi connectivity index (χ4v) is 2.65. The Labute approximate surface area is 116 Å². The molecule has 0 bridgehead atoms. The highest BCUT2D eigenvalue weighted by Gasteiger charge is 2.31. The van der Waals surface area contributed by atoms with Gasteiger partial charge in [-0.05, 0) is 44.2 Å². The van der Waals surface area contributed by atoms with Crippen LogP contribution >= 0.6 is 0 Å². The fraction of sp³-hybridized carbons (Fsp3) is 0.600. The Morgan fingerprint density at radius 1 is 1.21 bits per heavy atom. The smallest absolute Gasteiger partial charge is 0.0805 e. The summed E-state index contributed by atoms with van der Waals surface area (Å²) in [5.41, 5.74) is 1.93. The summed E-state index contributed by atoms with van der Waals surface area (Å²) in [7, 11) is 5.99. The Balaban J connectivity index is 1.97. The van der Waals surface area contributed by atoms with Gasteiger partial charge in [0, 0.05) is 45.1 Å². The quantitative estimate of drug-likeness (QED) is 0.859. The van der Waals surface area contributed by atoms with Gasteiger partial charge >= 0.3 is 0 Å². The first kappa shape index (κ1) is 14.2. The number of nitrogens with zero attached hydrogens (tertiary/aromatic N) is 2. The molecule has 0 atom stereocenters. The molecule has 1 aromatic carbocycles. The Morgan fingerprint density at radius 2 is 1.79 bits per heavy atom. The molecule has 2 rings (SSSR count). The summed E-state index contributed by atoms with van der Waals surface area (Å²) in [4.78, 5) is 4.45. The zero-order chi connectivity index (χ0) is 13.9. The summed E-state index contributed by atoms with van der Waals surface area (Å²) < 4.78 is 0. The van der Waals surface area contributed by atoms with E-state index in [1.165, 1.54) is 11.4 Å². The van der Waals surface area contributed by atoms with Crippen molar-refractivity contribution in [1.29, 1.82) is 0 Å². The van der Waals surface area contributed by atoms with Gasteiger partial charge < -0.3 is 20.2 Å². The van der Waals surface area contributed by atoms with E-state index in [1.54, 1.807) is 0 Å². The third kappa shape index (κ3) is 3.39. The molecule has 1 fully saturated rings. The lowest BCUT2D eigenvalue weighted by molar-refractivity contribution is 0.0185. The van der Waals surface area contributed by atoms with Crippen LogP contribution in [0.1, 0.15) is 12.8 Å². The number of anilines is 2. The van der Waals surface area contributed by atoms with Crippen molar-refractivity contribution in [3.8, 4) is 0 Å². The third-order valence-electron chi connectivity index (χ3n) is 3.93. The summed E-state index contributed by atoms with van der Waals surface area (Å²) in [5.74, 6) is 0. The molecular formula is C15H25N3O. The number of rotatable bonds is 4. The van der Waals surface area contributed by atoms with Gasteiger partial charge in [0.2, 0.25) is 0 Å². The Kier molecular flexibility index (Phi) is 4.32. The third-order valence-corrected chi connectivity index (χ3v) is 3.93. The Hall–Kier alpha value is -1.26. The molecule has 0 aromatic heterocycles. The molecule has 0 amide bonds. The SMILES string of the molecule is CNCC1(O)CCN(c2ccc(N(C)C)cc2)CC1. The fourth-order valence-electron chi connectivity index (χ4n) is 2.65. The van der Waals surface area contributed by atoms with Crippen LogP contribution in [0.2, 0.25) is 0 Å². The lowest BCUT2D eigenvalue weighted by Crippen LogP contribution is -2.49. The molecule has 19 heavy (non-hydrogen) atoms. The normalized spacial score (nSPS) is 18.4. The molecule has 106 valence electrons. The second kappa shape index (κ2) is 5.80. The first-order valence-corrected chi connectivity index (χ1v) is 6.93. The minimum Gasteiger partial charge on any atom is -0.388 e. The minimum atomic E-state index is -0.533. The molecule has 1 aliphatic heterocycles. The molecule has 0 radical (unpaired) electrons. The van der Waals surface area contributed by atoms with E-state index in [4.69, 9.17) is 0 Å². The Bertz CT molecular complexity index is 394. The molecule has 1 heterocycles. The van der Waals surface area contributed by atoms with Crippen LogP contribution in [0.25, 0.3) is 0 Å². The lowest BCUT2D eigenvalue weighted by Gasteiger charge is -2.39. The predicted octanol–water partition coefficient (Wildman–Crippen LogP) is 1.30. The van der Waals surface area contributed by atoms with Gasteiger partial charge in [0.05, 0.1) is 5.60 Å². The maximum Gasteiger partial charge on any atom is 0.0805 e. The highest BCUT2D eigenvalue weighted by Crippen LogP contribution is 2.27. The highest BCUT2D eigenvalue weighted by molar-refractivity contribution is 5.56. The number of likely N-dealkylation sites (N-methyl/N-ethyl adjacent to an activating group) is 1. The molecule has 1 aromatic rings. The van der Waals surface area contributed by atoms with Crippen LogP contribution in [0, 0.1) is 0 Å². The van der Waals surface area contributed by atoms with E-state index in [0.717, 1.165) is 25.9 Å². The van der Waals surface area contributed by atoms with Gasteiger partial charge in [-0.3, -0.25) is 0 Å². The Morgan fingerprint density at radius 3 is 2.26 bits per heavy atom. The molecule has 1 saturated heterocycles. The van der Waals surface area contributed by atoms with Crippen LogP contribution in [0.15, 0.2) is 24.3 Å². The van der Waals surface area contributed by atoms with Crippen molar-refractivity contribution in [2.75, 3.05) is 50.6 Å². The predicted molar refractivity (Wildman–Crippen MR) is 81.1 cm³/mol. The van der Waals surface area contributed by atoms with Crippen molar-refractivity contribution in [2.24, 2.45) is 0 Å². The van der Waals surface area contributed by atoms with Crippen molar-refractivity contribution >= 4 is 11.4 Å². The summed E-state index contributed by atoms with van der Waals surface area (Å²) in [6.45, 7) is 2.51. The van der Waals surface area contributed by atoms with Crippen molar-refractivity contribution in [3.63, 3.8) is 0 Å². The van der Waals surface area contributed by atoms with E-state index in [0.29, 0.717) is 6.54 Å². The van der Waals surface area contributed by atoms with E-state index < -0.39 is 5.60 Å². The van der Waals surface area contributed by atoms with Gasteiger partial charge in [0.15, 0.2) is 0 Å². The van der Waals surface area contributed by atoms with Crippen molar-refractivity contribution in [3.05, 3.63) is 24.3 Å². The number of nitrogens with one attached hydrogen (secondary N) is 1. The molecule has 4 nitrogen and oxygen atoms in total. The number of benzene rings is 1. The number of piperidine rings is 1. The van der Waals surface area contributed by atoms with Gasteiger partial charge in [-0.15, -0.1) is 0 Å². The van der Waals surface area contributed by atoms with E-state index in [9.17, 15) is 5.11 Å². The molecule has 2 N–H and O–H groups in total. The van der Waals surface area contributed by atoms with Crippen LogP contribution in [0.4, 0.5) is 11.4 Å².